The van der Waals surface area contributed by atoms with Crippen LogP contribution in [0.15, 0.2) is 60.3 Å². The van der Waals surface area contributed by atoms with Crippen molar-refractivity contribution in [3.8, 4) is 11.5 Å². The zero-order valence-electron chi connectivity index (χ0n) is 29.7. The van der Waals surface area contributed by atoms with Crippen LogP contribution in [-0.4, -0.2) is 84.9 Å². The molecule has 7 atom stereocenters. The predicted octanol–water partition coefficient (Wildman–Crippen LogP) is 6.28. The maximum absolute atomic E-state index is 13.9. The fraction of sp³-hybridized carbons (Fsp3) is 0.650. The first-order valence-electron chi connectivity index (χ1n) is 18.8. The summed E-state index contributed by atoms with van der Waals surface area (Å²) in [6.07, 6.45) is 15.3. The second-order valence-electron chi connectivity index (χ2n) is 14.5. The molecule has 1 saturated heterocycles. The molecule has 1 aromatic rings. The molecule has 2 N–H and O–H groups in total. The van der Waals surface area contributed by atoms with Gasteiger partial charge in [0.25, 0.3) is 0 Å². The van der Waals surface area contributed by atoms with Crippen molar-refractivity contribution in [2.24, 2.45) is 28.8 Å². The Bertz CT molecular complexity index is 1400. The van der Waals surface area contributed by atoms with E-state index in [0.717, 1.165) is 86.8 Å². The second kappa shape index (κ2) is 16.9. The van der Waals surface area contributed by atoms with Crippen LogP contribution in [0.2, 0.25) is 0 Å². The number of ether oxygens (including phenoxy) is 4. The second-order valence-corrected chi connectivity index (χ2v) is 14.5. The highest BCUT2D eigenvalue weighted by Crippen LogP contribution is 2.62. The Morgan fingerprint density at radius 3 is 2.54 bits per heavy atom. The third-order valence-corrected chi connectivity index (χ3v) is 11.2. The van der Waals surface area contributed by atoms with Crippen molar-refractivity contribution in [3.05, 3.63) is 60.7 Å². The van der Waals surface area contributed by atoms with Gasteiger partial charge in [-0.1, -0.05) is 42.8 Å². The molecule has 7 unspecified atom stereocenters. The number of amides is 1. The molecule has 10 nitrogen and oxygen atoms in total. The Hall–Kier alpha value is -3.18. The van der Waals surface area contributed by atoms with Crippen molar-refractivity contribution >= 4 is 11.6 Å². The standard InChI is InChI=1S/C40H56N2O8/c1-4-21-46-29-17-18-34-32(25-29)37-30(13-7-10-20-44)28(12-6-9-19-43)24-31-33(41-50-36-14-8-11-23-47-36)26-35(42(3)39(45)27-15-16-27)40(49-34,38(31)37)48-22-5-2/h4-5,17-18,24-25,27-28,30,35-38,43-44H,1-2,6-16,19-23,26H2,3H3. The summed E-state index contributed by atoms with van der Waals surface area (Å²) in [5.41, 5.74) is 2.85. The number of unbranched alkanes of at least 4 members (excludes halogenated alkanes) is 2. The summed E-state index contributed by atoms with van der Waals surface area (Å²) >= 11 is 0. The first kappa shape index (κ1) is 36.6. The molecule has 0 radical (unpaired) electrons. The molecular weight excluding hydrogens is 636 g/mol. The number of carbonyl (C=O) groups is 1. The molecule has 10 heteroatoms. The van der Waals surface area contributed by atoms with Crippen molar-refractivity contribution in [1.29, 1.82) is 0 Å². The molecule has 0 spiro atoms. The maximum Gasteiger partial charge on any atom is 0.239 e. The third kappa shape index (κ3) is 7.69. The van der Waals surface area contributed by atoms with Gasteiger partial charge in [-0.3, -0.25) is 4.79 Å². The van der Waals surface area contributed by atoms with E-state index >= 15 is 0 Å². The molecule has 3 aliphatic carbocycles. The Morgan fingerprint density at radius 1 is 1.06 bits per heavy atom. The number of rotatable bonds is 18. The van der Waals surface area contributed by atoms with Crippen molar-refractivity contribution in [3.63, 3.8) is 0 Å². The van der Waals surface area contributed by atoms with Crippen LogP contribution < -0.4 is 9.47 Å². The van der Waals surface area contributed by atoms with Crippen LogP contribution in [0.3, 0.4) is 0 Å². The summed E-state index contributed by atoms with van der Waals surface area (Å²) in [7, 11) is 1.88. The summed E-state index contributed by atoms with van der Waals surface area (Å²) in [6, 6.07) is 5.49. The lowest BCUT2D eigenvalue weighted by Gasteiger charge is -2.59. The summed E-state index contributed by atoms with van der Waals surface area (Å²) in [5.74, 6) is 0.217. The number of aliphatic hydroxyl groups excluding tert-OH is 2. The van der Waals surface area contributed by atoms with Crippen LogP contribution in [0, 0.1) is 23.7 Å². The van der Waals surface area contributed by atoms with Gasteiger partial charge in [-0.2, -0.15) is 0 Å². The molecule has 274 valence electrons. The van der Waals surface area contributed by atoms with Crippen LogP contribution in [-0.2, 0) is 19.1 Å². The van der Waals surface area contributed by atoms with E-state index in [2.05, 4.69) is 25.3 Å². The van der Waals surface area contributed by atoms with Gasteiger partial charge in [0.15, 0.2) is 0 Å². The number of hydrogen-bond acceptors (Lipinski definition) is 9. The van der Waals surface area contributed by atoms with Crippen molar-refractivity contribution in [2.45, 2.75) is 101 Å². The lowest BCUT2D eigenvalue weighted by atomic mass is 9.55. The highest BCUT2D eigenvalue weighted by molar-refractivity contribution is 6.03. The van der Waals surface area contributed by atoms with Crippen LogP contribution in [0.4, 0.5) is 0 Å². The SMILES string of the molecule is C=CCOc1ccc2c(c1)C1C(CCCCO)C(CCCCO)C=C3C(=NOC4CCCCO4)CC(N(C)C(=O)C4CC4)C(OCC=C)(O2)C31. The Balaban J connectivity index is 1.54. The lowest BCUT2D eigenvalue weighted by Crippen LogP contribution is -2.69. The minimum absolute atomic E-state index is 0.00500. The monoisotopic (exact) mass is 692 g/mol. The largest absolute Gasteiger partial charge is 0.490 e. The van der Waals surface area contributed by atoms with Gasteiger partial charge in [0, 0.05) is 50.5 Å². The van der Waals surface area contributed by atoms with E-state index < -0.39 is 18.1 Å². The van der Waals surface area contributed by atoms with E-state index in [1.807, 2.05) is 24.1 Å². The van der Waals surface area contributed by atoms with E-state index in [4.69, 9.17) is 28.9 Å². The van der Waals surface area contributed by atoms with E-state index in [0.29, 0.717) is 31.8 Å². The Kier molecular flexibility index (Phi) is 12.4. The first-order chi connectivity index (χ1) is 24.4. The van der Waals surface area contributed by atoms with E-state index in [-0.39, 0.29) is 55.3 Å². The van der Waals surface area contributed by atoms with Gasteiger partial charge in [0.2, 0.25) is 18.0 Å². The van der Waals surface area contributed by atoms with Gasteiger partial charge < -0.3 is 38.9 Å². The minimum atomic E-state index is -1.23. The van der Waals surface area contributed by atoms with Gasteiger partial charge in [-0.25, -0.2) is 0 Å². The average molecular weight is 693 g/mol. The molecule has 1 aromatic carbocycles. The summed E-state index contributed by atoms with van der Waals surface area (Å²) < 4.78 is 26.1. The van der Waals surface area contributed by atoms with Gasteiger partial charge in [-0.05, 0) is 87.0 Å². The smallest absolute Gasteiger partial charge is 0.239 e. The first-order valence-corrected chi connectivity index (χ1v) is 18.8. The summed E-state index contributed by atoms with van der Waals surface area (Å²) in [4.78, 5) is 21.9. The number of fused-ring (bicyclic) bond motifs is 2. The van der Waals surface area contributed by atoms with Gasteiger partial charge >= 0.3 is 0 Å². The molecule has 2 heterocycles. The molecule has 0 bridgehead atoms. The predicted molar refractivity (Wildman–Crippen MR) is 191 cm³/mol. The van der Waals surface area contributed by atoms with E-state index in [1.54, 1.807) is 12.2 Å². The average Bonchev–Trinajstić information content (AvgIpc) is 3.99. The number of aliphatic hydroxyl groups is 2. The highest BCUT2D eigenvalue weighted by atomic mass is 16.8. The van der Waals surface area contributed by atoms with Crippen LogP contribution in [0.25, 0.3) is 0 Å². The summed E-state index contributed by atoms with van der Waals surface area (Å²) in [5, 5.41) is 24.4. The van der Waals surface area contributed by atoms with Crippen molar-refractivity contribution < 1.29 is 38.8 Å². The molecule has 50 heavy (non-hydrogen) atoms. The number of carbonyl (C=O) groups excluding carboxylic acids is 1. The number of allylic oxidation sites excluding steroid dienone is 1. The van der Waals surface area contributed by atoms with Crippen LogP contribution in [0.5, 0.6) is 11.5 Å². The van der Waals surface area contributed by atoms with Gasteiger partial charge in [-0.15, -0.1) is 6.58 Å². The summed E-state index contributed by atoms with van der Waals surface area (Å²) in [6.45, 7) is 9.37. The quantitative estimate of drug-likeness (QED) is 0.105. The topological polar surface area (TPSA) is 119 Å². The van der Waals surface area contributed by atoms with Gasteiger partial charge in [0.05, 0.1) is 24.8 Å². The van der Waals surface area contributed by atoms with E-state index in [9.17, 15) is 15.0 Å². The molecule has 5 aliphatic rings. The number of oxime groups is 1. The third-order valence-electron chi connectivity index (χ3n) is 11.2. The molecule has 1 amide bonds. The number of likely N-dealkylation sites (N-methyl/N-ethyl adjacent to an activating group) is 1. The normalized spacial score (nSPS) is 30.7. The van der Waals surface area contributed by atoms with Crippen LogP contribution in [0.1, 0.15) is 88.5 Å². The molecule has 0 aromatic heterocycles. The number of benzene rings is 1. The Labute approximate surface area is 297 Å². The van der Waals surface area contributed by atoms with Crippen LogP contribution >= 0.6 is 0 Å². The molecule has 2 saturated carbocycles. The zero-order valence-corrected chi connectivity index (χ0v) is 29.7. The zero-order chi connectivity index (χ0) is 35.1. The van der Waals surface area contributed by atoms with Gasteiger partial charge in [0.1, 0.15) is 24.1 Å². The highest BCUT2D eigenvalue weighted by Gasteiger charge is 2.65. The van der Waals surface area contributed by atoms with Crippen molar-refractivity contribution in [1.82, 2.24) is 4.90 Å². The lowest BCUT2D eigenvalue weighted by molar-refractivity contribution is -0.256. The maximum atomic E-state index is 13.9. The molecule has 2 aliphatic heterocycles. The molecular formula is C40H56N2O8. The van der Waals surface area contributed by atoms with Crippen molar-refractivity contribution in [2.75, 3.05) is 40.1 Å². The molecule has 3 fully saturated rings. The fourth-order valence-corrected chi connectivity index (χ4v) is 8.66. The fourth-order valence-electron chi connectivity index (χ4n) is 8.66. The molecule has 6 rings (SSSR count). The minimum Gasteiger partial charge on any atom is -0.490 e. The van der Waals surface area contributed by atoms with E-state index in [1.165, 1.54) is 0 Å². The number of nitrogens with zero attached hydrogens (tertiary/aromatic N) is 2. The number of hydrogen-bond donors (Lipinski definition) is 2. The Morgan fingerprint density at radius 2 is 1.84 bits per heavy atom.